The van der Waals surface area contributed by atoms with E-state index in [9.17, 15) is 4.79 Å². The van der Waals surface area contributed by atoms with Crippen LogP contribution in [0.1, 0.15) is 58.8 Å². The van der Waals surface area contributed by atoms with Crippen LogP contribution in [0.3, 0.4) is 0 Å². The summed E-state index contributed by atoms with van der Waals surface area (Å²) < 4.78 is 0. The molecular weight excluding hydrogens is 260 g/mol. The Morgan fingerprint density at radius 3 is 2.68 bits per heavy atom. The molecule has 1 saturated carbocycles. The smallest absolute Gasteiger partial charge is 0.227 e. The van der Waals surface area contributed by atoms with Gasteiger partial charge in [-0.3, -0.25) is 4.79 Å². The van der Waals surface area contributed by atoms with Gasteiger partial charge in [0.2, 0.25) is 5.91 Å². The lowest BCUT2D eigenvalue weighted by Gasteiger charge is -2.42. The summed E-state index contributed by atoms with van der Waals surface area (Å²) >= 11 is 0. The zero-order valence-corrected chi connectivity index (χ0v) is 13.2. The zero-order valence-electron chi connectivity index (χ0n) is 12.4. The highest BCUT2D eigenvalue weighted by Crippen LogP contribution is 2.34. The monoisotopic (exact) mass is 288 g/mol. The second kappa shape index (κ2) is 6.94. The number of hydrogen-bond acceptors (Lipinski definition) is 2. The molecule has 1 aliphatic heterocycles. The van der Waals surface area contributed by atoms with E-state index in [2.05, 4.69) is 18.7 Å². The molecule has 0 bridgehead atoms. The fraction of sp³-hybridized carbons (Fsp3) is 0.933. The van der Waals surface area contributed by atoms with E-state index in [1.165, 1.54) is 19.3 Å². The Kier molecular flexibility index (Phi) is 6.13. The van der Waals surface area contributed by atoms with Crippen LogP contribution in [0.25, 0.3) is 0 Å². The normalized spacial score (nSPS) is 35.6. The predicted molar refractivity (Wildman–Crippen MR) is 81.4 cm³/mol. The van der Waals surface area contributed by atoms with Crippen molar-refractivity contribution in [2.45, 2.75) is 64.3 Å². The van der Waals surface area contributed by atoms with Gasteiger partial charge in [0.15, 0.2) is 0 Å². The molecule has 3 unspecified atom stereocenters. The molecule has 1 amide bonds. The van der Waals surface area contributed by atoms with E-state index in [1.807, 2.05) is 0 Å². The minimum Gasteiger partial charge on any atom is -0.342 e. The van der Waals surface area contributed by atoms with Crippen molar-refractivity contribution in [3.05, 3.63) is 0 Å². The lowest BCUT2D eigenvalue weighted by molar-refractivity contribution is -0.140. The Balaban J connectivity index is 0.00000180. The van der Waals surface area contributed by atoms with Crippen molar-refractivity contribution in [3.63, 3.8) is 0 Å². The number of hydrogen-bond donors (Lipinski definition) is 1. The van der Waals surface area contributed by atoms with E-state index >= 15 is 0 Å². The summed E-state index contributed by atoms with van der Waals surface area (Å²) in [5.74, 6) is 1.09. The molecule has 2 fully saturated rings. The van der Waals surface area contributed by atoms with E-state index in [0.717, 1.165) is 38.8 Å². The van der Waals surface area contributed by atoms with Crippen LogP contribution in [0.5, 0.6) is 0 Å². The quantitative estimate of drug-likeness (QED) is 0.849. The maximum absolute atomic E-state index is 12.7. The van der Waals surface area contributed by atoms with E-state index in [1.54, 1.807) is 0 Å². The van der Waals surface area contributed by atoms with Gasteiger partial charge in [0, 0.05) is 18.6 Å². The molecule has 1 saturated heterocycles. The van der Waals surface area contributed by atoms with E-state index in [0.29, 0.717) is 11.8 Å². The number of halogens is 1. The molecule has 19 heavy (non-hydrogen) atoms. The first kappa shape index (κ1) is 16.8. The first-order valence-corrected chi connectivity index (χ1v) is 7.62. The molecule has 1 aliphatic carbocycles. The Morgan fingerprint density at radius 2 is 2.05 bits per heavy atom. The largest absolute Gasteiger partial charge is 0.342 e. The second-order valence-electron chi connectivity index (χ2n) is 6.50. The minimum atomic E-state index is -0.283. The van der Waals surface area contributed by atoms with Crippen molar-refractivity contribution in [1.29, 1.82) is 0 Å². The molecule has 1 heterocycles. The highest BCUT2D eigenvalue weighted by Gasteiger charge is 2.40. The second-order valence-corrected chi connectivity index (χ2v) is 6.50. The van der Waals surface area contributed by atoms with Crippen LogP contribution in [0.15, 0.2) is 0 Å². The number of carbonyl (C=O) groups excluding carboxylic acids is 1. The van der Waals surface area contributed by atoms with Gasteiger partial charge in [-0.05, 0) is 38.5 Å². The fourth-order valence-corrected chi connectivity index (χ4v) is 3.58. The van der Waals surface area contributed by atoms with E-state index in [-0.39, 0.29) is 23.9 Å². The van der Waals surface area contributed by atoms with Gasteiger partial charge in [0.05, 0.1) is 5.92 Å². The summed E-state index contributed by atoms with van der Waals surface area (Å²) in [4.78, 5) is 14.8. The Morgan fingerprint density at radius 1 is 1.32 bits per heavy atom. The number of likely N-dealkylation sites (tertiary alicyclic amines) is 1. The summed E-state index contributed by atoms with van der Waals surface area (Å²) in [6.45, 7) is 6.20. The van der Waals surface area contributed by atoms with Crippen LogP contribution in [0.4, 0.5) is 0 Å². The van der Waals surface area contributed by atoms with E-state index < -0.39 is 0 Å². The van der Waals surface area contributed by atoms with E-state index in [4.69, 9.17) is 5.73 Å². The topological polar surface area (TPSA) is 46.3 Å². The molecule has 0 aromatic rings. The van der Waals surface area contributed by atoms with Crippen LogP contribution < -0.4 is 5.73 Å². The van der Waals surface area contributed by atoms with Gasteiger partial charge in [-0.2, -0.15) is 0 Å². The maximum Gasteiger partial charge on any atom is 0.227 e. The lowest BCUT2D eigenvalue weighted by atomic mass is 9.73. The van der Waals surface area contributed by atoms with Gasteiger partial charge in [0.25, 0.3) is 0 Å². The first-order valence-electron chi connectivity index (χ1n) is 7.62. The van der Waals surface area contributed by atoms with Crippen molar-refractivity contribution in [2.24, 2.45) is 17.6 Å². The van der Waals surface area contributed by atoms with Crippen LogP contribution >= 0.6 is 12.4 Å². The molecule has 0 aromatic heterocycles. The molecule has 0 radical (unpaired) electrons. The van der Waals surface area contributed by atoms with Gasteiger partial charge in [0.1, 0.15) is 0 Å². The highest BCUT2D eigenvalue weighted by atomic mass is 35.5. The molecule has 4 heteroatoms. The third kappa shape index (κ3) is 3.85. The van der Waals surface area contributed by atoms with Crippen LogP contribution in [0.2, 0.25) is 0 Å². The Bertz CT molecular complexity index is 307. The van der Waals surface area contributed by atoms with Gasteiger partial charge in [-0.25, -0.2) is 0 Å². The summed E-state index contributed by atoms with van der Waals surface area (Å²) in [6.07, 6.45) is 7.95. The summed E-state index contributed by atoms with van der Waals surface area (Å²) in [6, 6.07) is 0. The van der Waals surface area contributed by atoms with Crippen LogP contribution in [-0.4, -0.2) is 29.4 Å². The standard InChI is InChI=1S/C15H28N2O.ClH/c1-3-12-7-6-10-17(11-12)14(18)13-8-4-5-9-15(13,2)16;/h12-13H,3-11,16H2,1-2H3;1H. The SMILES string of the molecule is CCC1CCCN(C(=O)C2CCCCC2(C)N)C1.Cl. The molecule has 2 N–H and O–H groups in total. The number of piperidine rings is 1. The fourth-order valence-electron chi connectivity index (χ4n) is 3.58. The Hall–Kier alpha value is -0.280. The van der Waals surface area contributed by atoms with Gasteiger partial charge >= 0.3 is 0 Å². The van der Waals surface area contributed by atoms with Crippen molar-refractivity contribution >= 4 is 18.3 Å². The average Bonchev–Trinajstić information content (AvgIpc) is 2.37. The number of nitrogens with two attached hydrogens (primary N) is 1. The number of nitrogens with zero attached hydrogens (tertiary/aromatic N) is 1. The minimum absolute atomic E-state index is 0. The maximum atomic E-state index is 12.7. The molecule has 2 aliphatic rings. The molecule has 0 aromatic carbocycles. The molecule has 3 atom stereocenters. The third-order valence-corrected chi connectivity index (χ3v) is 4.96. The van der Waals surface area contributed by atoms with Gasteiger partial charge in [-0.1, -0.05) is 26.2 Å². The zero-order chi connectivity index (χ0) is 13.2. The highest BCUT2D eigenvalue weighted by molar-refractivity contribution is 5.85. The number of carbonyl (C=O) groups is 1. The first-order chi connectivity index (χ1) is 8.54. The number of amides is 1. The predicted octanol–water partition coefficient (Wildman–Crippen LogP) is 2.96. The third-order valence-electron chi connectivity index (χ3n) is 4.96. The Labute approximate surface area is 123 Å². The summed E-state index contributed by atoms with van der Waals surface area (Å²) in [5, 5.41) is 0. The summed E-state index contributed by atoms with van der Waals surface area (Å²) in [7, 11) is 0. The van der Waals surface area contributed by atoms with Crippen LogP contribution in [-0.2, 0) is 4.79 Å². The van der Waals surface area contributed by atoms with Crippen molar-refractivity contribution in [1.82, 2.24) is 4.90 Å². The molecular formula is C15H29ClN2O. The van der Waals surface area contributed by atoms with Gasteiger partial charge in [-0.15, -0.1) is 12.4 Å². The van der Waals surface area contributed by atoms with Crippen molar-refractivity contribution in [3.8, 4) is 0 Å². The van der Waals surface area contributed by atoms with Gasteiger partial charge < -0.3 is 10.6 Å². The van der Waals surface area contributed by atoms with Crippen LogP contribution in [0, 0.1) is 11.8 Å². The molecule has 3 nitrogen and oxygen atoms in total. The van der Waals surface area contributed by atoms with Crippen molar-refractivity contribution < 1.29 is 4.79 Å². The van der Waals surface area contributed by atoms with Crippen molar-refractivity contribution in [2.75, 3.05) is 13.1 Å². The molecule has 112 valence electrons. The average molecular weight is 289 g/mol. The molecule has 2 rings (SSSR count). The summed E-state index contributed by atoms with van der Waals surface area (Å²) in [5.41, 5.74) is 6.07. The number of rotatable bonds is 2. The lowest BCUT2D eigenvalue weighted by Crippen LogP contribution is -2.55. The molecule has 0 spiro atoms.